The summed E-state index contributed by atoms with van der Waals surface area (Å²) in [5.41, 5.74) is 5.04. The highest BCUT2D eigenvalue weighted by Crippen LogP contribution is 2.29. The average molecular weight is 213 g/mol. The van der Waals surface area contributed by atoms with Crippen LogP contribution in [0.15, 0.2) is 30.3 Å². The maximum absolute atomic E-state index is 13.7. The van der Waals surface area contributed by atoms with E-state index in [0.29, 0.717) is 5.56 Å². The van der Waals surface area contributed by atoms with Crippen molar-refractivity contribution in [2.45, 2.75) is 20.8 Å². The number of rotatable bonds is 1. The van der Waals surface area contributed by atoms with E-state index >= 15 is 0 Å². The van der Waals surface area contributed by atoms with Gasteiger partial charge in [0.25, 0.3) is 0 Å². The third-order valence-corrected chi connectivity index (χ3v) is 2.75. The number of halogens is 1. The second-order valence-corrected chi connectivity index (χ2v) is 4.17. The summed E-state index contributed by atoms with van der Waals surface area (Å²) in [7, 11) is 0. The molecule has 2 aromatic carbocycles. The second-order valence-electron chi connectivity index (χ2n) is 4.17. The molecule has 0 aromatic heterocycles. The van der Waals surface area contributed by atoms with Crippen molar-refractivity contribution in [3.8, 4) is 11.1 Å². The summed E-state index contributed by atoms with van der Waals surface area (Å²) >= 11 is 0. The molecule has 81 valence electrons. The Balaban J connectivity index is 2.70. The topological polar surface area (TPSA) is 0 Å². The van der Waals surface area contributed by atoms with Crippen LogP contribution in [0, 0.1) is 32.7 Å². The Morgan fingerprint density at radius 2 is 1.69 bits per heavy atom. The summed E-state index contributed by atoms with van der Waals surface area (Å²) in [6.07, 6.45) is 0. The van der Waals surface area contributed by atoms with E-state index in [0.717, 1.165) is 16.7 Å². The van der Waals surface area contributed by atoms with Crippen LogP contribution >= 0.6 is 0 Å². The smallest absolute Gasteiger partial charge is 0.138 e. The summed E-state index contributed by atoms with van der Waals surface area (Å²) in [5.74, 6) is -0.280. The monoisotopic (exact) mass is 213 g/mol. The fourth-order valence-corrected chi connectivity index (χ4v) is 2.21. The van der Waals surface area contributed by atoms with E-state index in [1.807, 2.05) is 19.9 Å². The van der Waals surface area contributed by atoms with Crippen LogP contribution in [0.5, 0.6) is 0 Å². The molecule has 2 aromatic rings. The molecule has 2 rings (SSSR count). The lowest BCUT2D eigenvalue weighted by molar-refractivity contribution is 0.629. The first-order valence-electron chi connectivity index (χ1n) is 5.34. The Bertz CT molecular complexity index is 504. The molecule has 0 aliphatic rings. The predicted molar refractivity (Wildman–Crippen MR) is 64.9 cm³/mol. The highest BCUT2D eigenvalue weighted by molar-refractivity contribution is 5.71. The van der Waals surface area contributed by atoms with Crippen molar-refractivity contribution in [3.05, 3.63) is 58.9 Å². The van der Waals surface area contributed by atoms with E-state index in [9.17, 15) is 4.39 Å². The normalized spacial score (nSPS) is 10.5. The molecule has 0 aliphatic carbocycles. The molecular formula is C15H14F. The van der Waals surface area contributed by atoms with Gasteiger partial charge < -0.3 is 0 Å². The molecule has 0 saturated carbocycles. The lowest BCUT2D eigenvalue weighted by Crippen LogP contribution is -1.92. The van der Waals surface area contributed by atoms with E-state index in [-0.39, 0.29) is 5.82 Å². The van der Waals surface area contributed by atoms with Crippen LogP contribution in [0.1, 0.15) is 16.7 Å². The van der Waals surface area contributed by atoms with Gasteiger partial charge in [0.2, 0.25) is 0 Å². The Morgan fingerprint density at radius 1 is 1.06 bits per heavy atom. The Morgan fingerprint density at radius 3 is 2.25 bits per heavy atom. The maximum Gasteiger partial charge on any atom is 0.138 e. The minimum atomic E-state index is -0.280. The number of benzene rings is 2. The fraction of sp³-hybridized carbons (Fsp3) is 0.200. The van der Waals surface area contributed by atoms with Gasteiger partial charge in [-0.15, -0.1) is 0 Å². The Labute approximate surface area is 95.7 Å². The molecule has 1 heteroatoms. The zero-order valence-corrected chi connectivity index (χ0v) is 9.76. The van der Waals surface area contributed by atoms with Gasteiger partial charge in [0.15, 0.2) is 0 Å². The van der Waals surface area contributed by atoms with E-state index in [2.05, 4.69) is 25.1 Å². The van der Waals surface area contributed by atoms with Gasteiger partial charge >= 0.3 is 0 Å². The van der Waals surface area contributed by atoms with Gasteiger partial charge in [-0.05, 0) is 37.5 Å². The van der Waals surface area contributed by atoms with Gasteiger partial charge in [-0.1, -0.05) is 35.9 Å². The number of hydrogen-bond donors (Lipinski definition) is 0. The van der Waals surface area contributed by atoms with Gasteiger partial charge in [-0.25, -0.2) is 4.39 Å². The van der Waals surface area contributed by atoms with Gasteiger partial charge in [-0.2, -0.15) is 0 Å². The quantitative estimate of drug-likeness (QED) is 0.665. The summed E-state index contributed by atoms with van der Waals surface area (Å²) in [5, 5.41) is 0. The standard InChI is InChI=1S/C15H14F/c1-10-8-11(2)15(12(3)9-10)13-6-4-5-7-14(13)16/h4-6,8-9H,1-3H3. The van der Waals surface area contributed by atoms with Crippen molar-refractivity contribution in [2.75, 3.05) is 0 Å². The van der Waals surface area contributed by atoms with Gasteiger partial charge in [-0.3, -0.25) is 0 Å². The highest BCUT2D eigenvalue weighted by atomic mass is 19.1. The third kappa shape index (κ3) is 1.85. The van der Waals surface area contributed by atoms with Crippen molar-refractivity contribution >= 4 is 0 Å². The minimum absolute atomic E-state index is 0.280. The molecule has 0 N–H and O–H groups in total. The lowest BCUT2D eigenvalue weighted by Gasteiger charge is -2.12. The molecule has 1 radical (unpaired) electrons. The zero-order chi connectivity index (χ0) is 11.7. The number of hydrogen-bond acceptors (Lipinski definition) is 0. The van der Waals surface area contributed by atoms with Crippen LogP contribution in [-0.2, 0) is 0 Å². The van der Waals surface area contributed by atoms with E-state index in [4.69, 9.17) is 0 Å². The molecular weight excluding hydrogens is 199 g/mol. The summed E-state index contributed by atoms with van der Waals surface area (Å²) in [6, 6.07) is 12.0. The maximum atomic E-state index is 13.7. The highest BCUT2D eigenvalue weighted by Gasteiger charge is 2.10. The van der Waals surface area contributed by atoms with Crippen LogP contribution in [0.2, 0.25) is 0 Å². The lowest BCUT2D eigenvalue weighted by atomic mass is 9.93. The van der Waals surface area contributed by atoms with E-state index < -0.39 is 0 Å². The van der Waals surface area contributed by atoms with Gasteiger partial charge in [0.05, 0.1) is 0 Å². The molecule has 0 amide bonds. The fourth-order valence-electron chi connectivity index (χ4n) is 2.21. The summed E-state index contributed by atoms with van der Waals surface area (Å²) in [4.78, 5) is 0. The summed E-state index contributed by atoms with van der Waals surface area (Å²) < 4.78 is 13.7. The SMILES string of the molecule is Cc1cc(C)c(-c2ccc[c]c2F)c(C)c1. The van der Waals surface area contributed by atoms with Gasteiger partial charge in [0, 0.05) is 11.6 Å². The van der Waals surface area contributed by atoms with Crippen LogP contribution < -0.4 is 0 Å². The van der Waals surface area contributed by atoms with Crippen LogP contribution in [0.25, 0.3) is 11.1 Å². The van der Waals surface area contributed by atoms with E-state index in [1.54, 1.807) is 12.1 Å². The molecule has 0 heterocycles. The second kappa shape index (κ2) is 4.09. The van der Waals surface area contributed by atoms with E-state index in [1.165, 1.54) is 5.56 Å². The number of aryl methyl sites for hydroxylation is 3. The van der Waals surface area contributed by atoms with Gasteiger partial charge in [0.1, 0.15) is 5.82 Å². The molecule has 16 heavy (non-hydrogen) atoms. The molecule has 0 bridgehead atoms. The minimum Gasteiger partial charge on any atom is -0.206 e. The van der Waals surface area contributed by atoms with Crippen molar-refractivity contribution in [2.24, 2.45) is 0 Å². The predicted octanol–water partition coefficient (Wildman–Crippen LogP) is 4.22. The summed E-state index contributed by atoms with van der Waals surface area (Å²) in [6.45, 7) is 6.08. The first-order chi connectivity index (χ1) is 7.59. The molecule has 0 fully saturated rings. The third-order valence-electron chi connectivity index (χ3n) is 2.75. The average Bonchev–Trinajstić information content (AvgIpc) is 2.19. The first kappa shape index (κ1) is 10.9. The van der Waals surface area contributed by atoms with Crippen molar-refractivity contribution in [1.82, 2.24) is 0 Å². The van der Waals surface area contributed by atoms with Crippen LogP contribution in [0.3, 0.4) is 0 Å². The van der Waals surface area contributed by atoms with Crippen LogP contribution in [-0.4, -0.2) is 0 Å². The Kier molecular flexibility index (Phi) is 2.78. The van der Waals surface area contributed by atoms with Crippen molar-refractivity contribution in [1.29, 1.82) is 0 Å². The zero-order valence-electron chi connectivity index (χ0n) is 9.76. The molecule has 0 spiro atoms. The largest absolute Gasteiger partial charge is 0.206 e. The van der Waals surface area contributed by atoms with Crippen LogP contribution in [0.4, 0.5) is 4.39 Å². The molecule has 0 nitrogen and oxygen atoms in total. The molecule has 0 saturated heterocycles. The molecule has 0 unspecified atom stereocenters. The van der Waals surface area contributed by atoms with Crippen molar-refractivity contribution in [3.63, 3.8) is 0 Å². The molecule has 0 aliphatic heterocycles. The first-order valence-corrected chi connectivity index (χ1v) is 5.34. The Hall–Kier alpha value is -1.63. The molecule has 0 atom stereocenters. The van der Waals surface area contributed by atoms with Crippen molar-refractivity contribution < 1.29 is 4.39 Å².